The highest BCUT2D eigenvalue weighted by Gasteiger charge is 2.13. The Morgan fingerprint density at radius 1 is 1.79 bits per heavy atom. The fraction of sp³-hybridized carbons (Fsp3) is 0.143. The standard InChI is InChI=1S/C7H7N3O4/c1-9-5(2-3-7(11)12)4-6(8-9)10(13)14/h2-4H,1H3,(H,11,12). The Kier molecular flexibility index (Phi) is 2.61. The Balaban J connectivity index is 2.99. The minimum absolute atomic E-state index is 0.308. The molecular weight excluding hydrogens is 190 g/mol. The minimum atomic E-state index is -1.12. The number of aliphatic carboxylic acids is 1. The van der Waals surface area contributed by atoms with Crippen LogP contribution in [0.5, 0.6) is 0 Å². The average molecular weight is 197 g/mol. The Morgan fingerprint density at radius 2 is 2.43 bits per heavy atom. The van der Waals surface area contributed by atoms with Crippen LogP contribution in [0.2, 0.25) is 0 Å². The topological polar surface area (TPSA) is 98.3 Å². The normalized spacial score (nSPS) is 10.6. The van der Waals surface area contributed by atoms with E-state index in [1.807, 2.05) is 0 Å². The van der Waals surface area contributed by atoms with Crippen LogP contribution in [-0.2, 0) is 11.8 Å². The van der Waals surface area contributed by atoms with E-state index in [9.17, 15) is 14.9 Å². The minimum Gasteiger partial charge on any atom is -0.478 e. The number of carboxylic acids is 1. The summed E-state index contributed by atoms with van der Waals surface area (Å²) in [5, 5.41) is 22.2. The van der Waals surface area contributed by atoms with E-state index < -0.39 is 10.9 Å². The first-order valence-corrected chi connectivity index (χ1v) is 3.60. The molecule has 0 aliphatic heterocycles. The van der Waals surface area contributed by atoms with Crippen molar-refractivity contribution in [2.75, 3.05) is 0 Å². The molecule has 0 aliphatic rings. The van der Waals surface area contributed by atoms with Crippen molar-refractivity contribution >= 4 is 17.9 Å². The van der Waals surface area contributed by atoms with Gasteiger partial charge < -0.3 is 15.2 Å². The fourth-order valence-corrected chi connectivity index (χ4v) is 0.868. The highest BCUT2D eigenvalue weighted by molar-refractivity contribution is 5.85. The summed E-state index contributed by atoms with van der Waals surface area (Å²) < 4.78 is 1.23. The van der Waals surface area contributed by atoms with Crippen molar-refractivity contribution in [2.45, 2.75) is 0 Å². The summed E-state index contributed by atoms with van der Waals surface area (Å²) in [5.41, 5.74) is 0.360. The second-order valence-corrected chi connectivity index (χ2v) is 2.48. The lowest BCUT2D eigenvalue weighted by Crippen LogP contribution is -1.95. The molecule has 14 heavy (non-hydrogen) atoms. The monoisotopic (exact) mass is 197 g/mol. The molecule has 7 heteroatoms. The summed E-state index contributed by atoms with van der Waals surface area (Å²) in [6, 6.07) is 1.19. The van der Waals surface area contributed by atoms with E-state index in [4.69, 9.17) is 5.11 Å². The van der Waals surface area contributed by atoms with Gasteiger partial charge >= 0.3 is 11.8 Å². The van der Waals surface area contributed by atoms with Gasteiger partial charge in [-0.1, -0.05) is 0 Å². The number of hydrogen-bond acceptors (Lipinski definition) is 4. The van der Waals surface area contributed by atoms with Gasteiger partial charge in [0.25, 0.3) is 0 Å². The predicted molar refractivity (Wildman–Crippen MR) is 46.5 cm³/mol. The van der Waals surface area contributed by atoms with E-state index in [1.54, 1.807) is 0 Å². The molecule has 1 aromatic rings. The molecule has 0 aromatic carbocycles. The van der Waals surface area contributed by atoms with Crippen molar-refractivity contribution in [3.8, 4) is 0 Å². The molecule has 0 spiro atoms. The van der Waals surface area contributed by atoms with E-state index >= 15 is 0 Å². The fourth-order valence-electron chi connectivity index (χ4n) is 0.868. The van der Waals surface area contributed by atoms with Gasteiger partial charge in [0.1, 0.15) is 0 Å². The van der Waals surface area contributed by atoms with Crippen LogP contribution in [-0.4, -0.2) is 25.8 Å². The summed E-state index contributed by atoms with van der Waals surface area (Å²) >= 11 is 0. The van der Waals surface area contributed by atoms with Crippen LogP contribution in [0.25, 0.3) is 6.08 Å². The van der Waals surface area contributed by atoms with Gasteiger partial charge in [-0.3, -0.25) is 0 Å². The molecule has 0 radical (unpaired) electrons. The maximum atomic E-state index is 10.3. The zero-order valence-electron chi connectivity index (χ0n) is 7.25. The zero-order chi connectivity index (χ0) is 10.7. The molecule has 0 amide bonds. The van der Waals surface area contributed by atoms with Crippen molar-refractivity contribution in [1.29, 1.82) is 0 Å². The summed E-state index contributed by atoms with van der Waals surface area (Å²) in [7, 11) is 1.49. The zero-order valence-corrected chi connectivity index (χ0v) is 7.25. The Hall–Kier alpha value is -2.18. The maximum Gasteiger partial charge on any atom is 0.390 e. The molecule has 0 bridgehead atoms. The van der Waals surface area contributed by atoms with Gasteiger partial charge in [0.05, 0.1) is 23.9 Å². The predicted octanol–water partition coefficient (Wildman–Crippen LogP) is 0.426. The molecule has 0 saturated carbocycles. The Labute approximate surface area is 78.4 Å². The highest BCUT2D eigenvalue weighted by Crippen LogP contribution is 2.11. The van der Waals surface area contributed by atoms with E-state index in [0.717, 1.165) is 6.08 Å². The molecule has 74 valence electrons. The molecule has 1 heterocycles. The summed E-state index contributed by atoms with van der Waals surface area (Å²) in [6.07, 6.45) is 2.13. The number of hydrogen-bond donors (Lipinski definition) is 1. The van der Waals surface area contributed by atoms with Crippen molar-refractivity contribution in [1.82, 2.24) is 9.78 Å². The maximum absolute atomic E-state index is 10.3. The van der Waals surface area contributed by atoms with Crippen LogP contribution in [0.1, 0.15) is 5.69 Å². The SMILES string of the molecule is Cn1nc([N+](=O)[O-])cc1C=CC(=O)O. The smallest absolute Gasteiger partial charge is 0.390 e. The number of rotatable bonds is 3. The Morgan fingerprint density at radius 3 is 2.86 bits per heavy atom. The van der Waals surface area contributed by atoms with Gasteiger partial charge in [0.2, 0.25) is 0 Å². The summed E-state index contributed by atoms with van der Waals surface area (Å²) in [5.74, 6) is -1.42. The third kappa shape index (κ3) is 2.16. The number of nitro groups is 1. The molecule has 1 aromatic heterocycles. The lowest BCUT2D eigenvalue weighted by Gasteiger charge is -1.85. The van der Waals surface area contributed by atoms with Gasteiger partial charge in [-0.05, 0) is 11.0 Å². The average Bonchev–Trinajstić information content (AvgIpc) is 2.43. The van der Waals surface area contributed by atoms with Crippen LogP contribution in [0, 0.1) is 10.1 Å². The van der Waals surface area contributed by atoms with Crippen LogP contribution < -0.4 is 0 Å². The van der Waals surface area contributed by atoms with E-state index in [2.05, 4.69) is 5.10 Å². The Bertz CT molecular complexity index is 407. The lowest BCUT2D eigenvalue weighted by atomic mass is 10.3. The molecule has 0 atom stereocenters. The van der Waals surface area contributed by atoms with Crippen molar-refractivity contribution in [2.24, 2.45) is 7.05 Å². The number of aryl methyl sites for hydroxylation is 1. The highest BCUT2D eigenvalue weighted by atomic mass is 16.6. The largest absolute Gasteiger partial charge is 0.478 e. The quantitative estimate of drug-likeness (QED) is 0.430. The summed E-state index contributed by atoms with van der Waals surface area (Å²) in [6.45, 7) is 0. The molecular formula is C7H7N3O4. The van der Waals surface area contributed by atoms with E-state index in [0.29, 0.717) is 5.69 Å². The second kappa shape index (κ2) is 3.69. The van der Waals surface area contributed by atoms with Crippen LogP contribution >= 0.6 is 0 Å². The lowest BCUT2D eigenvalue weighted by molar-refractivity contribution is -0.389. The van der Waals surface area contributed by atoms with Crippen LogP contribution in [0.4, 0.5) is 5.82 Å². The second-order valence-electron chi connectivity index (χ2n) is 2.48. The van der Waals surface area contributed by atoms with E-state index in [-0.39, 0.29) is 5.82 Å². The van der Waals surface area contributed by atoms with E-state index in [1.165, 1.54) is 23.9 Å². The van der Waals surface area contributed by atoms with Gasteiger partial charge in [-0.25, -0.2) is 4.79 Å². The number of aromatic nitrogens is 2. The molecule has 1 N–H and O–H groups in total. The van der Waals surface area contributed by atoms with Crippen LogP contribution in [0.15, 0.2) is 12.1 Å². The van der Waals surface area contributed by atoms with Crippen molar-refractivity contribution < 1.29 is 14.8 Å². The van der Waals surface area contributed by atoms with Crippen molar-refractivity contribution in [3.05, 3.63) is 28.0 Å². The number of nitrogens with zero attached hydrogens (tertiary/aromatic N) is 3. The first kappa shape index (κ1) is 9.90. The molecule has 1 rings (SSSR count). The molecule has 0 fully saturated rings. The molecule has 0 saturated heterocycles. The molecule has 7 nitrogen and oxygen atoms in total. The van der Waals surface area contributed by atoms with Gasteiger partial charge in [-0.15, -0.1) is 0 Å². The number of carbonyl (C=O) groups is 1. The van der Waals surface area contributed by atoms with Crippen LogP contribution in [0.3, 0.4) is 0 Å². The first-order chi connectivity index (χ1) is 6.50. The third-order valence-corrected chi connectivity index (χ3v) is 1.49. The van der Waals surface area contributed by atoms with Gasteiger partial charge in [0, 0.05) is 6.08 Å². The summed E-state index contributed by atoms with van der Waals surface area (Å²) in [4.78, 5) is 19.8. The van der Waals surface area contributed by atoms with Gasteiger partial charge in [0.15, 0.2) is 0 Å². The van der Waals surface area contributed by atoms with Crippen molar-refractivity contribution in [3.63, 3.8) is 0 Å². The third-order valence-electron chi connectivity index (χ3n) is 1.49. The number of carboxylic acid groups (broad SMARTS) is 1. The first-order valence-electron chi connectivity index (χ1n) is 3.60. The molecule has 0 unspecified atom stereocenters. The van der Waals surface area contributed by atoms with Gasteiger partial charge in [-0.2, -0.15) is 4.68 Å². The molecule has 0 aliphatic carbocycles.